The van der Waals surface area contributed by atoms with Gasteiger partial charge >= 0.3 is 0 Å². The molecule has 0 radical (unpaired) electrons. The third-order valence-corrected chi connectivity index (χ3v) is 5.99. The summed E-state index contributed by atoms with van der Waals surface area (Å²) in [5.74, 6) is 0.406. The molecule has 2 heterocycles. The molecule has 2 aromatic carbocycles. The summed E-state index contributed by atoms with van der Waals surface area (Å²) in [7, 11) is -3.71. The molecular formula is C22H19N3O7S. The van der Waals surface area contributed by atoms with Crippen LogP contribution in [0, 0.1) is 0 Å². The van der Waals surface area contributed by atoms with E-state index >= 15 is 0 Å². The third kappa shape index (κ3) is 5.59. The van der Waals surface area contributed by atoms with E-state index in [9.17, 15) is 18.0 Å². The van der Waals surface area contributed by atoms with Gasteiger partial charge in [-0.05, 0) is 54.1 Å². The van der Waals surface area contributed by atoms with Crippen molar-refractivity contribution in [1.29, 1.82) is 0 Å². The van der Waals surface area contributed by atoms with Gasteiger partial charge in [-0.2, -0.15) is 0 Å². The van der Waals surface area contributed by atoms with Gasteiger partial charge in [-0.25, -0.2) is 13.1 Å². The van der Waals surface area contributed by atoms with E-state index < -0.39 is 21.8 Å². The second-order valence-corrected chi connectivity index (χ2v) is 8.58. The molecule has 33 heavy (non-hydrogen) atoms. The monoisotopic (exact) mass is 469 g/mol. The number of hydrazine groups is 1. The fourth-order valence-corrected chi connectivity index (χ4v) is 3.86. The number of sulfonamides is 1. The van der Waals surface area contributed by atoms with Crippen molar-refractivity contribution in [2.45, 2.75) is 11.4 Å². The van der Waals surface area contributed by atoms with Gasteiger partial charge in [0.05, 0.1) is 17.7 Å². The van der Waals surface area contributed by atoms with Gasteiger partial charge in [0, 0.05) is 11.6 Å². The fourth-order valence-electron chi connectivity index (χ4n) is 2.86. The van der Waals surface area contributed by atoms with Crippen LogP contribution < -0.4 is 25.0 Å². The van der Waals surface area contributed by atoms with Gasteiger partial charge in [0.1, 0.15) is 5.76 Å². The predicted octanol–water partition coefficient (Wildman–Crippen LogP) is 1.96. The van der Waals surface area contributed by atoms with Crippen LogP contribution in [-0.4, -0.2) is 27.0 Å². The number of amides is 2. The predicted molar refractivity (Wildman–Crippen MR) is 116 cm³/mol. The van der Waals surface area contributed by atoms with Gasteiger partial charge in [-0.15, -0.1) is 0 Å². The molecule has 0 saturated carbocycles. The van der Waals surface area contributed by atoms with Crippen LogP contribution in [0.25, 0.3) is 6.08 Å². The molecule has 0 fully saturated rings. The Kier molecular flexibility index (Phi) is 6.43. The second-order valence-electron chi connectivity index (χ2n) is 6.82. The molecule has 0 spiro atoms. The Bertz CT molecular complexity index is 1280. The largest absolute Gasteiger partial charge is 0.468 e. The zero-order valence-electron chi connectivity index (χ0n) is 17.1. The first kappa shape index (κ1) is 22.1. The summed E-state index contributed by atoms with van der Waals surface area (Å²) in [6.07, 6.45) is 4.15. The number of furan rings is 1. The zero-order valence-corrected chi connectivity index (χ0v) is 17.9. The molecule has 1 aromatic heterocycles. The third-order valence-electron chi connectivity index (χ3n) is 4.57. The molecule has 170 valence electrons. The van der Waals surface area contributed by atoms with Crippen molar-refractivity contribution in [3.8, 4) is 11.5 Å². The molecule has 0 bridgehead atoms. The van der Waals surface area contributed by atoms with Gasteiger partial charge in [0.15, 0.2) is 11.5 Å². The number of fused-ring (bicyclic) bond motifs is 1. The lowest BCUT2D eigenvalue weighted by Crippen LogP contribution is -2.40. The number of carbonyl (C=O) groups is 2. The summed E-state index contributed by atoms with van der Waals surface area (Å²) in [5.41, 5.74) is 5.46. The minimum Gasteiger partial charge on any atom is -0.468 e. The Morgan fingerprint density at radius 1 is 0.970 bits per heavy atom. The van der Waals surface area contributed by atoms with Crippen molar-refractivity contribution in [2.75, 3.05) is 6.79 Å². The van der Waals surface area contributed by atoms with E-state index in [2.05, 4.69) is 15.6 Å². The molecule has 3 N–H and O–H groups in total. The lowest BCUT2D eigenvalue weighted by molar-refractivity contribution is -0.117. The zero-order chi connectivity index (χ0) is 23.3. The number of rotatable bonds is 7. The van der Waals surface area contributed by atoms with Crippen molar-refractivity contribution < 1.29 is 31.9 Å². The lowest BCUT2D eigenvalue weighted by Gasteiger charge is -2.06. The summed E-state index contributed by atoms with van der Waals surface area (Å²) in [4.78, 5) is 24.2. The van der Waals surface area contributed by atoms with Crippen LogP contribution in [0.4, 0.5) is 0 Å². The van der Waals surface area contributed by atoms with Crippen molar-refractivity contribution in [3.05, 3.63) is 83.8 Å². The molecule has 0 unspecified atom stereocenters. The molecule has 1 aliphatic heterocycles. The molecule has 0 atom stereocenters. The van der Waals surface area contributed by atoms with E-state index in [-0.39, 0.29) is 18.2 Å². The lowest BCUT2D eigenvalue weighted by atomic mass is 10.2. The molecule has 1 aliphatic rings. The molecule has 0 aliphatic carbocycles. The van der Waals surface area contributed by atoms with Crippen LogP contribution in [0.2, 0.25) is 0 Å². The maximum atomic E-state index is 12.3. The van der Waals surface area contributed by atoms with Gasteiger partial charge in [0.2, 0.25) is 16.8 Å². The van der Waals surface area contributed by atoms with Crippen molar-refractivity contribution in [3.63, 3.8) is 0 Å². The molecule has 4 rings (SSSR count). The number of benzene rings is 2. The normalized spacial score (nSPS) is 12.6. The van der Waals surface area contributed by atoms with Gasteiger partial charge in [-0.3, -0.25) is 20.4 Å². The maximum Gasteiger partial charge on any atom is 0.269 e. The minimum atomic E-state index is -3.71. The van der Waals surface area contributed by atoms with E-state index in [1.165, 1.54) is 36.6 Å². The van der Waals surface area contributed by atoms with E-state index in [1.54, 1.807) is 36.4 Å². The summed E-state index contributed by atoms with van der Waals surface area (Å²) >= 11 is 0. The van der Waals surface area contributed by atoms with Crippen LogP contribution >= 0.6 is 0 Å². The van der Waals surface area contributed by atoms with Crippen LogP contribution in [0.15, 0.2) is 76.2 Å². The Morgan fingerprint density at radius 2 is 1.76 bits per heavy atom. The van der Waals surface area contributed by atoms with Gasteiger partial charge in [-0.1, -0.05) is 12.1 Å². The van der Waals surface area contributed by atoms with E-state index in [4.69, 9.17) is 13.9 Å². The van der Waals surface area contributed by atoms with Crippen LogP contribution in [0.3, 0.4) is 0 Å². The summed E-state index contributed by atoms with van der Waals surface area (Å²) in [6.45, 7) is 0.130. The van der Waals surface area contributed by atoms with E-state index in [1.807, 2.05) is 0 Å². The average molecular weight is 469 g/mol. The molecule has 2 amide bonds. The first-order chi connectivity index (χ1) is 15.9. The van der Waals surface area contributed by atoms with E-state index in [0.717, 1.165) is 0 Å². The maximum absolute atomic E-state index is 12.3. The average Bonchev–Trinajstić information content (AvgIpc) is 3.51. The topological polar surface area (TPSA) is 136 Å². The summed E-state index contributed by atoms with van der Waals surface area (Å²) in [5, 5.41) is 0. The van der Waals surface area contributed by atoms with Crippen LogP contribution in [0.5, 0.6) is 11.5 Å². The quantitative estimate of drug-likeness (QED) is 0.355. The molecule has 0 saturated heterocycles. The Labute approximate surface area is 189 Å². The smallest absolute Gasteiger partial charge is 0.269 e. The van der Waals surface area contributed by atoms with E-state index in [0.29, 0.717) is 28.4 Å². The highest BCUT2D eigenvalue weighted by Crippen LogP contribution is 2.32. The number of carbonyl (C=O) groups excluding carboxylic acids is 2. The Hall–Kier alpha value is -4.09. The molecule has 3 aromatic rings. The number of ether oxygens (including phenoxy) is 2. The molecule has 11 heteroatoms. The number of nitrogens with one attached hydrogen (secondary N) is 3. The Morgan fingerprint density at radius 3 is 2.52 bits per heavy atom. The fraction of sp³-hybridized carbons (Fsp3) is 0.0909. The first-order valence-electron chi connectivity index (χ1n) is 9.71. The number of hydrogen-bond donors (Lipinski definition) is 3. The van der Waals surface area contributed by atoms with Crippen molar-refractivity contribution in [1.82, 2.24) is 15.6 Å². The van der Waals surface area contributed by atoms with Gasteiger partial charge in [0.25, 0.3) is 11.8 Å². The summed E-state index contributed by atoms with van der Waals surface area (Å²) in [6, 6.07) is 13.9. The minimum absolute atomic E-state index is 0.0368. The highest BCUT2D eigenvalue weighted by molar-refractivity contribution is 7.89. The summed E-state index contributed by atoms with van der Waals surface area (Å²) < 4.78 is 42.6. The second kappa shape index (κ2) is 9.59. The molecule has 10 nitrogen and oxygen atoms in total. The SMILES string of the molecule is O=C(/C=C/c1ccc(S(=O)(=O)NCc2ccco2)cc1)NNC(=O)c1ccc2c(c1)OCO2. The van der Waals surface area contributed by atoms with Crippen LogP contribution in [0.1, 0.15) is 21.7 Å². The van der Waals surface area contributed by atoms with Crippen molar-refractivity contribution >= 4 is 27.9 Å². The number of hydrogen-bond acceptors (Lipinski definition) is 7. The standard InChI is InChI=1S/C22H19N3O7S/c26-21(24-25-22(27)16-6-9-19-20(12-16)32-14-31-19)10-5-15-3-7-18(8-4-15)33(28,29)23-13-17-2-1-11-30-17/h1-12,23H,13-14H2,(H,24,26)(H,25,27)/b10-5+. The van der Waals surface area contributed by atoms with Crippen LogP contribution in [-0.2, 0) is 21.4 Å². The first-order valence-corrected chi connectivity index (χ1v) is 11.2. The van der Waals surface area contributed by atoms with Gasteiger partial charge < -0.3 is 13.9 Å². The molecular weight excluding hydrogens is 450 g/mol. The Balaban J connectivity index is 1.28. The van der Waals surface area contributed by atoms with Crippen molar-refractivity contribution in [2.24, 2.45) is 0 Å². The highest BCUT2D eigenvalue weighted by Gasteiger charge is 2.16. The highest BCUT2D eigenvalue weighted by atomic mass is 32.2.